The van der Waals surface area contributed by atoms with Crippen LogP contribution in [0.15, 0.2) is 30.5 Å². The molecule has 0 radical (unpaired) electrons. The molecule has 0 bridgehead atoms. The predicted octanol–water partition coefficient (Wildman–Crippen LogP) is 4.10. The number of alkyl halides is 3. The van der Waals surface area contributed by atoms with Crippen molar-refractivity contribution in [2.24, 2.45) is 0 Å². The summed E-state index contributed by atoms with van der Waals surface area (Å²) in [6, 6.07) is 6.05. The summed E-state index contributed by atoms with van der Waals surface area (Å²) in [7, 11) is 1.28. The molecule has 1 aromatic heterocycles. The standard InChI is InChI=1S/C19H22F3N3/c1-11-6-13-8-16(9-14(13)7-12(11)2)25-15-4-5-17(24-10-15)18(23-3)19(20,21)22/h4-7,10,16,18,23,25H,8-9H2,1-3H3. The number of hydrogen-bond donors (Lipinski definition) is 2. The maximum absolute atomic E-state index is 12.9. The normalized spacial score (nSPS) is 15.9. The zero-order valence-corrected chi connectivity index (χ0v) is 14.5. The van der Waals surface area contributed by atoms with E-state index in [-0.39, 0.29) is 11.7 Å². The second kappa shape index (κ2) is 6.67. The maximum Gasteiger partial charge on any atom is 0.409 e. The average Bonchev–Trinajstić information content (AvgIpc) is 2.90. The molecule has 1 aromatic carbocycles. The number of fused-ring (bicyclic) bond motifs is 1. The van der Waals surface area contributed by atoms with Gasteiger partial charge in [0.05, 0.1) is 17.6 Å². The number of benzene rings is 1. The molecule has 0 amide bonds. The lowest BCUT2D eigenvalue weighted by Crippen LogP contribution is -2.32. The fraction of sp³-hybridized carbons (Fsp3) is 0.421. The molecule has 0 saturated heterocycles. The van der Waals surface area contributed by atoms with E-state index < -0.39 is 12.2 Å². The van der Waals surface area contributed by atoms with E-state index >= 15 is 0 Å². The van der Waals surface area contributed by atoms with Crippen LogP contribution in [0.5, 0.6) is 0 Å². The van der Waals surface area contributed by atoms with Gasteiger partial charge in [0.25, 0.3) is 0 Å². The summed E-state index contributed by atoms with van der Waals surface area (Å²) in [6.07, 6.45) is -1.05. The first-order valence-electron chi connectivity index (χ1n) is 8.33. The Morgan fingerprint density at radius 1 is 1.08 bits per heavy atom. The fourth-order valence-corrected chi connectivity index (χ4v) is 3.40. The monoisotopic (exact) mass is 349 g/mol. The number of aromatic nitrogens is 1. The number of aryl methyl sites for hydroxylation is 2. The summed E-state index contributed by atoms with van der Waals surface area (Å²) < 4.78 is 38.8. The summed E-state index contributed by atoms with van der Waals surface area (Å²) in [5.74, 6) is 0. The largest absolute Gasteiger partial charge is 0.409 e. The molecule has 0 saturated carbocycles. The first-order valence-corrected chi connectivity index (χ1v) is 8.33. The van der Waals surface area contributed by atoms with E-state index in [1.165, 1.54) is 41.6 Å². The number of pyridine rings is 1. The van der Waals surface area contributed by atoms with Crippen LogP contribution in [0.2, 0.25) is 0 Å². The van der Waals surface area contributed by atoms with Crippen molar-refractivity contribution in [1.29, 1.82) is 0 Å². The van der Waals surface area contributed by atoms with E-state index in [0.717, 1.165) is 18.5 Å². The SMILES string of the molecule is CNC(c1ccc(NC2Cc3cc(C)c(C)cc3C2)cn1)C(F)(F)F. The molecule has 1 aliphatic rings. The molecule has 1 aliphatic carbocycles. The Balaban J connectivity index is 1.69. The highest BCUT2D eigenvalue weighted by Gasteiger charge is 2.40. The van der Waals surface area contributed by atoms with Crippen molar-refractivity contribution in [1.82, 2.24) is 10.3 Å². The summed E-state index contributed by atoms with van der Waals surface area (Å²) in [5.41, 5.74) is 5.98. The van der Waals surface area contributed by atoms with Crippen molar-refractivity contribution >= 4 is 5.69 Å². The van der Waals surface area contributed by atoms with Gasteiger partial charge in [-0.1, -0.05) is 12.1 Å². The molecule has 134 valence electrons. The predicted molar refractivity (Wildman–Crippen MR) is 92.8 cm³/mol. The van der Waals surface area contributed by atoms with E-state index in [1.54, 1.807) is 6.07 Å². The van der Waals surface area contributed by atoms with Gasteiger partial charge in [0.2, 0.25) is 0 Å². The topological polar surface area (TPSA) is 37.0 Å². The highest BCUT2D eigenvalue weighted by atomic mass is 19.4. The lowest BCUT2D eigenvalue weighted by atomic mass is 10.0. The summed E-state index contributed by atoms with van der Waals surface area (Å²) >= 11 is 0. The average molecular weight is 349 g/mol. The van der Waals surface area contributed by atoms with Gasteiger partial charge < -0.3 is 10.6 Å². The first kappa shape index (κ1) is 17.7. The van der Waals surface area contributed by atoms with Crippen LogP contribution < -0.4 is 10.6 Å². The van der Waals surface area contributed by atoms with Crippen LogP contribution in [-0.4, -0.2) is 24.2 Å². The maximum atomic E-state index is 12.9. The molecule has 2 N–H and O–H groups in total. The Bertz CT molecular complexity index is 723. The van der Waals surface area contributed by atoms with Crippen LogP contribution in [0.4, 0.5) is 18.9 Å². The number of nitrogens with one attached hydrogen (secondary N) is 2. The molecule has 6 heteroatoms. The number of hydrogen-bond acceptors (Lipinski definition) is 3. The number of nitrogens with zero attached hydrogens (tertiary/aromatic N) is 1. The molecule has 3 rings (SSSR count). The second-order valence-corrected chi connectivity index (χ2v) is 6.69. The Morgan fingerprint density at radius 2 is 1.68 bits per heavy atom. The molecule has 0 aliphatic heterocycles. The van der Waals surface area contributed by atoms with Crippen LogP contribution >= 0.6 is 0 Å². The molecule has 25 heavy (non-hydrogen) atoms. The third-order valence-corrected chi connectivity index (χ3v) is 4.82. The minimum atomic E-state index is -4.36. The van der Waals surface area contributed by atoms with Gasteiger partial charge in [-0.25, -0.2) is 0 Å². The third-order valence-electron chi connectivity index (χ3n) is 4.82. The molecule has 1 unspecified atom stereocenters. The smallest absolute Gasteiger partial charge is 0.380 e. The number of anilines is 1. The van der Waals surface area contributed by atoms with Gasteiger partial charge in [0, 0.05) is 6.04 Å². The van der Waals surface area contributed by atoms with Gasteiger partial charge in [-0.3, -0.25) is 4.98 Å². The van der Waals surface area contributed by atoms with E-state index in [0.29, 0.717) is 0 Å². The van der Waals surface area contributed by atoms with E-state index in [1.807, 2.05) is 0 Å². The van der Waals surface area contributed by atoms with E-state index in [2.05, 4.69) is 41.6 Å². The van der Waals surface area contributed by atoms with Crippen molar-refractivity contribution in [3.8, 4) is 0 Å². The second-order valence-electron chi connectivity index (χ2n) is 6.69. The Labute approximate surface area is 145 Å². The Morgan fingerprint density at radius 3 is 2.12 bits per heavy atom. The Kier molecular flexibility index (Phi) is 4.73. The quantitative estimate of drug-likeness (QED) is 0.873. The molecule has 1 heterocycles. The van der Waals surface area contributed by atoms with Crippen molar-refractivity contribution in [3.63, 3.8) is 0 Å². The van der Waals surface area contributed by atoms with Crippen molar-refractivity contribution in [3.05, 3.63) is 58.4 Å². The van der Waals surface area contributed by atoms with Crippen LogP contribution in [-0.2, 0) is 12.8 Å². The molecular formula is C19H22F3N3. The minimum absolute atomic E-state index is 0.0264. The molecule has 3 nitrogen and oxygen atoms in total. The summed E-state index contributed by atoms with van der Waals surface area (Å²) in [6.45, 7) is 4.22. The van der Waals surface area contributed by atoms with Gasteiger partial charge in [-0.2, -0.15) is 13.2 Å². The van der Waals surface area contributed by atoms with Crippen LogP contribution in [0, 0.1) is 13.8 Å². The van der Waals surface area contributed by atoms with Crippen molar-refractivity contribution in [2.75, 3.05) is 12.4 Å². The summed E-state index contributed by atoms with van der Waals surface area (Å²) in [5, 5.41) is 5.65. The van der Waals surface area contributed by atoms with Gasteiger partial charge in [0.1, 0.15) is 6.04 Å². The zero-order valence-electron chi connectivity index (χ0n) is 14.5. The van der Waals surface area contributed by atoms with Crippen molar-refractivity contribution in [2.45, 2.75) is 44.9 Å². The zero-order chi connectivity index (χ0) is 18.2. The highest BCUT2D eigenvalue weighted by molar-refractivity contribution is 5.47. The van der Waals surface area contributed by atoms with Gasteiger partial charge >= 0.3 is 6.18 Å². The van der Waals surface area contributed by atoms with E-state index in [9.17, 15) is 13.2 Å². The van der Waals surface area contributed by atoms with Crippen molar-refractivity contribution < 1.29 is 13.2 Å². The number of rotatable bonds is 4. The molecular weight excluding hydrogens is 327 g/mol. The molecule has 0 fully saturated rings. The molecule has 2 aromatic rings. The first-order chi connectivity index (χ1) is 11.8. The van der Waals surface area contributed by atoms with Gasteiger partial charge in [0.15, 0.2) is 0 Å². The molecule has 1 atom stereocenters. The lowest BCUT2D eigenvalue weighted by molar-refractivity contribution is -0.157. The minimum Gasteiger partial charge on any atom is -0.380 e. The highest BCUT2D eigenvalue weighted by Crippen LogP contribution is 2.32. The van der Waals surface area contributed by atoms with E-state index in [4.69, 9.17) is 0 Å². The van der Waals surface area contributed by atoms with Crippen LogP contribution in [0.3, 0.4) is 0 Å². The number of halogens is 3. The van der Waals surface area contributed by atoms with Gasteiger partial charge in [-0.05, 0) is 68.1 Å². The van der Waals surface area contributed by atoms with Crippen LogP contribution in [0.1, 0.15) is 34.0 Å². The fourth-order valence-electron chi connectivity index (χ4n) is 3.40. The summed E-state index contributed by atoms with van der Waals surface area (Å²) in [4.78, 5) is 3.99. The molecule has 0 spiro atoms. The Hall–Kier alpha value is -2.08. The van der Waals surface area contributed by atoms with Gasteiger partial charge in [-0.15, -0.1) is 0 Å². The van der Waals surface area contributed by atoms with Crippen LogP contribution in [0.25, 0.3) is 0 Å². The third kappa shape index (κ3) is 3.79. The lowest BCUT2D eigenvalue weighted by Gasteiger charge is -2.19.